The topological polar surface area (TPSA) is 75.7 Å². The molecule has 1 aliphatic rings. The molecule has 0 spiro atoms. The van der Waals surface area contributed by atoms with Crippen LogP contribution < -0.4 is 10.1 Å². The second-order valence-electron chi connectivity index (χ2n) is 5.59. The Balaban J connectivity index is 2.14. The number of nitrogens with zero attached hydrogens (tertiary/aromatic N) is 1. The van der Waals surface area contributed by atoms with Gasteiger partial charge in [-0.15, -0.1) is 0 Å². The number of ether oxygens (including phenoxy) is 1. The Morgan fingerprint density at radius 3 is 2.81 bits per heavy atom. The predicted molar refractivity (Wildman–Crippen MR) is 106 cm³/mol. The normalized spacial score (nSPS) is 15.7. The largest absolute Gasteiger partial charge is 0.493 e. The molecule has 1 aromatic rings. The first-order valence-electron chi connectivity index (χ1n) is 8.40. The van der Waals surface area contributed by atoms with Gasteiger partial charge in [-0.25, -0.2) is 0 Å². The summed E-state index contributed by atoms with van der Waals surface area (Å²) < 4.78 is 6.40. The van der Waals surface area contributed by atoms with E-state index < -0.39 is 11.1 Å². The Morgan fingerprint density at radius 1 is 1.35 bits per heavy atom. The van der Waals surface area contributed by atoms with Crippen LogP contribution in [0.25, 0.3) is 6.08 Å². The lowest BCUT2D eigenvalue weighted by Crippen LogP contribution is -2.39. The molecule has 1 saturated heterocycles. The van der Waals surface area contributed by atoms with Crippen molar-refractivity contribution < 1.29 is 19.1 Å². The summed E-state index contributed by atoms with van der Waals surface area (Å²) in [7, 11) is 0. The molecule has 1 fully saturated rings. The van der Waals surface area contributed by atoms with Crippen LogP contribution in [0.4, 0.5) is 4.79 Å². The van der Waals surface area contributed by atoms with Gasteiger partial charge in [0.05, 0.1) is 11.5 Å². The Morgan fingerprint density at radius 2 is 2.12 bits per heavy atom. The van der Waals surface area contributed by atoms with Gasteiger partial charge < -0.3 is 10.1 Å². The second-order valence-corrected chi connectivity index (χ2v) is 7.50. The quantitative estimate of drug-likeness (QED) is 0.491. The van der Waals surface area contributed by atoms with Crippen molar-refractivity contribution in [1.29, 1.82) is 0 Å². The number of rotatable bonds is 8. The van der Waals surface area contributed by atoms with Gasteiger partial charge in [0.1, 0.15) is 12.3 Å². The van der Waals surface area contributed by atoms with Gasteiger partial charge in [0.25, 0.3) is 11.1 Å². The van der Waals surface area contributed by atoms with Crippen molar-refractivity contribution in [2.45, 2.75) is 26.7 Å². The highest BCUT2D eigenvalue weighted by molar-refractivity contribution is 9.10. The van der Waals surface area contributed by atoms with Gasteiger partial charge in [-0.3, -0.25) is 19.3 Å². The average molecular weight is 441 g/mol. The molecule has 6 nitrogen and oxygen atoms in total. The van der Waals surface area contributed by atoms with Crippen molar-refractivity contribution in [3.63, 3.8) is 0 Å². The number of carbonyl (C=O) groups excluding carboxylic acids is 3. The first-order valence-corrected chi connectivity index (χ1v) is 10.0. The maximum Gasteiger partial charge on any atom is 0.294 e. The van der Waals surface area contributed by atoms with Crippen LogP contribution in [0.15, 0.2) is 27.6 Å². The zero-order chi connectivity index (χ0) is 19.1. The summed E-state index contributed by atoms with van der Waals surface area (Å²) >= 11 is 4.22. The van der Waals surface area contributed by atoms with Crippen molar-refractivity contribution >= 4 is 50.8 Å². The molecule has 0 saturated carbocycles. The molecule has 8 heteroatoms. The minimum Gasteiger partial charge on any atom is -0.493 e. The van der Waals surface area contributed by atoms with Crippen LogP contribution in [0.1, 0.15) is 32.3 Å². The van der Waals surface area contributed by atoms with E-state index in [2.05, 4.69) is 21.2 Å². The highest BCUT2D eigenvalue weighted by Crippen LogP contribution is 2.34. The van der Waals surface area contributed by atoms with E-state index in [0.29, 0.717) is 24.5 Å². The number of hydrogen-bond donors (Lipinski definition) is 1. The fraction of sp³-hybridized carbons (Fsp3) is 0.389. The molecule has 0 radical (unpaired) electrons. The van der Waals surface area contributed by atoms with Crippen LogP contribution in [0.5, 0.6) is 5.75 Å². The number of carbonyl (C=O) groups is 3. The molecule has 1 heterocycles. The Hall–Kier alpha value is -1.80. The van der Waals surface area contributed by atoms with E-state index in [9.17, 15) is 14.4 Å². The zero-order valence-corrected chi connectivity index (χ0v) is 17.1. The van der Waals surface area contributed by atoms with Crippen LogP contribution in [0, 0.1) is 0 Å². The molecule has 0 bridgehead atoms. The van der Waals surface area contributed by atoms with E-state index in [-0.39, 0.29) is 17.4 Å². The van der Waals surface area contributed by atoms with Crippen LogP contribution >= 0.6 is 27.7 Å². The minimum atomic E-state index is -0.465. The van der Waals surface area contributed by atoms with Gasteiger partial charge in [0.15, 0.2) is 0 Å². The van der Waals surface area contributed by atoms with Gasteiger partial charge in [-0.1, -0.05) is 29.3 Å². The fourth-order valence-electron chi connectivity index (χ4n) is 2.30. The first kappa shape index (κ1) is 20.5. The molecule has 1 aromatic carbocycles. The maximum absolute atomic E-state index is 12.5. The van der Waals surface area contributed by atoms with E-state index in [1.165, 1.54) is 0 Å². The molecule has 0 atom stereocenters. The second kappa shape index (κ2) is 9.78. The lowest BCUT2D eigenvalue weighted by molar-refractivity contribution is -0.129. The molecule has 0 unspecified atom stereocenters. The van der Waals surface area contributed by atoms with Crippen LogP contribution in [-0.2, 0) is 9.59 Å². The van der Waals surface area contributed by atoms with Crippen molar-refractivity contribution in [1.82, 2.24) is 10.2 Å². The van der Waals surface area contributed by atoms with E-state index in [0.717, 1.165) is 34.0 Å². The molecule has 26 heavy (non-hydrogen) atoms. The van der Waals surface area contributed by atoms with Gasteiger partial charge in [0, 0.05) is 16.6 Å². The number of amides is 3. The lowest BCUT2D eigenvalue weighted by atomic mass is 10.2. The fourth-order valence-corrected chi connectivity index (χ4v) is 3.51. The number of nitrogens with one attached hydrogen (secondary N) is 1. The number of unbranched alkanes of at least 4 members (excludes halogenated alkanes) is 1. The standard InChI is InChI=1S/C18H21BrN2O4S/c1-3-5-8-20-16(22)11-21-17(23)15(26-18(21)24)10-12-9-13(19)6-7-14(12)25-4-2/h6-7,9-10H,3-5,8,11H2,1-2H3,(H,20,22)/b15-10-. The Bertz CT molecular complexity index is 736. The van der Waals surface area contributed by atoms with E-state index in [4.69, 9.17) is 4.74 Å². The molecule has 1 aliphatic heterocycles. The van der Waals surface area contributed by atoms with E-state index in [1.54, 1.807) is 12.1 Å². The highest BCUT2D eigenvalue weighted by Gasteiger charge is 2.36. The summed E-state index contributed by atoms with van der Waals surface area (Å²) in [6.07, 6.45) is 3.44. The highest BCUT2D eigenvalue weighted by atomic mass is 79.9. The summed E-state index contributed by atoms with van der Waals surface area (Å²) in [5, 5.41) is 2.26. The minimum absolute atomic E-state index is 0.261. The molecule has 140 valence electrons. The number of hydrogen-bond acceptors (Lipinski definition) is 5. The molecular formula is C18H21BrN2O4S. The molecule has 1 N–H and O–H groups in total. The summed E-state index contributed by atoms with van der Waals surface area (Å²) in [6, 6.07) is 5.45. The predicted octanol–water partition coefficient (Wildman–Crippen LogP) is 3.80. The molecule has 3 amide bonds. The van der Waals surface area contributed by atoms with Crippen molar-refractivity contribution in [2.75, 3.05) is 19.7 Å². The lowest BCUT2D eigenvalue weighted by Gasteiger charge is -2.12. The number of thioether (sulfide) groups is 1. The van der Waals surface area contributed by atoms with E-state index in [1.807, 2.05) is 26.0 Å². The summed E-state index contributed by atoms with van der Waals surface area (Å²) in [6.45, 7) is 4.66. The molecule has 0 aliphatic carbocycles. The van der Waals surface area contributed by atoms with Crippen molar-refractivity contribution in [3.8, 4) is 5.75 Å². The van der Waals surface area contributed by atoms with E-state index >= 15 is 0 Å². The third kappa shape index (κ3) is 5.35. The SMILES string of the molecule is CCCCNC(=O)CN1C(=O)S/C(=C\c2cc(Br)ccc2OCC)C1=O. The molecule has 0 aromatic heterocycles. The number of halogens is 1. The van der Waals surface area contributed by atoms with Gasteiger partial charge >= 0.3 is 0 Å². The smallest absolute Gasteiger partial charge is 0.294 e. The summed E-state index contributed by atoms with van der Waals surface area (Å²) in [5.74, 6) is -0.174. The van der Waals surface area contributed by atoms with Gasteiger partial charge in [-0.2, -0.15) is 0 Å². The zero-order valence-electron chi connectivity index (χ0n) is 14.7. The van der Waals surface area contributed by atoms with Gasteiger partial charge in [0.2, 0.25) is 5.91 Å². The molecular weight excluding hydrogens is 420 g/mol. The molecule has 2 rings (SSSR count). The van der Waals surface area contributed by atoms with Crippen LogP contribution in [0.2, 0.25) is 0 Å². The third-order valence-electron chi connectivity index (χ3n) is 3.59. The number of imide groups is 1. The van der Waals surface area contributed by atoms with Crippen molar-refractivity contribution in [2.24, 2.45) is 0 Å². The van der Waals surface area contributed by atoms with Crippen molar-refractivity contribution in [3.05, 3.63) is 33.1 Å². The summed E-state index contributed by atoms with van der Waals surface area (Å²) in [4.78, 5) is 37.8. The summed E-state index contributed by atoms with van der Waals surface area (Å²) in [5.41, 5.74) is 0.694. The Kier molecular flexibility index (Phi) is 7.71. The van der Waals surface area contributed by atoms with Gasteiger partial charge in [-0.05, 0) is 49.4 Å². The monoisotopic (exact) mass is 440 g/mol. The number of benzene rings is 1. The first-order chi connectivity index (χ1) is 12.5. The maximum atomic E-state index is 12.5. The van der Waals surface area contributed by atoms with Crippen LogP contribution in [0.3, 0.4) is 0 Å². The Labute approximate surface area is 165 Å². The van der Waals surface area contributed by atoms with Crippen LogP contribution in [-0.4, -0.2) is 41.6 Å². The average Bonchev–Trinajstić information content (AvgIpc) is 2.85. The third-order valence-corrected chi connectivity index (χ3v) is 4.99.